The fraction of sp³-hybridized carbons (Fsp3) is 0.321. The second-order valence-electron chi connectivity index (χ2n) is 8.67. The number of aliphatic hydroxyl groups is 1. The summed E-state index contributed by atoms with van der Waals surface area (Å²) in [5.74, 6) is -0.241. The van der Waals surface area contributed by atoms with Gasteiger partial charge in [0, 0.05) is 30.1 Å². The van der Waals surface area contributed by atoms with E-state index in [0.717, 1.165) is 20.0 Å². The van der Waals surface area contributed by atoms with Crippen molar-refractivity contribution in [1.82, 2.24) is 4.31 Å². The van der Waals surface area contributed by atoms with Crippen molar-refractivity contribution in [2.75, 3.05) is 40.0 Å². The van der Waals surface area contributed by atoms with E-state index in [4.69, 9.17) is 18.9 Å². The van der Waals surface area contributed by atoms with Crippen LogP contribution in [-0.2, 0) is 29.0 Å². The zero-order valence-corrected chi connectivity index (χ0v) is 23.2. The third-order valence-electron chi connectivity index (χ3n) is 6.19. The first-order chi connectivity index (χ1) is 18.9. The van der Waals surface area contributed by atoms with E-state index in [9.17, 15) is 18.3 Å². The lowest BCUT2D eigenvalue weighted by molar-refractivity contribution is -0.160. The Morgan fingerprint density at radius 2 is 1.97 bits per heavy atom. The monoisotopic (exact) mass is 573 g/mol. The number of nitrogens with zero attached hydrogens (tertiary/aromatic N) is 1. The van der Waals surface area contributed by atoms with Gasteiger partial charge in [-0.25, -0.2) is 13.2 Å². The molecule has 0 radical (unpaired) electrons. The summed E-state index contributed by atoms with van der Waals surface area (Å²) in [7, 11) is -2.40. The molecule has 0 amide bonds. The Balaban J connectivity index is 1.49. The molecule has 4 rings (SSSR count). The van der Waals surface area contributed by atoms with Gasteiger partial charge in [0.25, 0.3) is 0 Å². The molecule has 39 heavy (non-hydrogen) atoms. The summed E-state index contributed by atoms with van der Waals surface area (Å²) in [6, 6.07) is 14.0. The van der Waals surface area contributed by atoms with Crippen molar-refractivity contribution in [3.05, 3.63) is 84.0 Å². The summed E-state index contributed by atoms with van der Waals surface area (Å²) in [5, 5.41) is 12.7. The van der Waals surface area contributed by atoms with Crippen LogP contribution in [0.1, 0.15) is 17.9 Å². The molecule has 11 heteroatoms. The fourth-order valence-electron chi connectivity index (χ4n) is 4.26. The standard InChI is InChI=1S/C28H31NO8S2/c1-3-15-36-28(31)25-17-20(24-19-38-26-7-5-4-6-23(24)26)18-27(37-25)35-16-13-29(12-14-30)39(32,33)22-10-8-21(34-2)9-11-22/h3-11,17,19-20,27,30H,1,12-16,18H2,2H3/t20-,27+/m0/s1. The molecule has 0 unspecified atom stereocenters. The van der Waals surface area contributed by atoms with Gasteiger partial charge in [-0.15, -0.1) is 11.3 Å². The minimum absolute atomic E-state index is 0.0217. The van der Waals surface area contributed by atoms with E-state index in [0.29, 0.717) is 12.2 Å². The number of methoxy groups -OCH3 is 1. The molecule has 0 saturated carbocycles. The van der Waals surface area contributed by atoms with Gasteiger partial charge < -0.3 is 24.1 Å². The molecule has 2 heterocycles. The summed E-state index contributed by atoms with van der Waals surface area (Å²) in [5.41, 5.74) is 1.05. The minimum Gasteiger partial charge on any atom is -0.497 e. The Morgan fingerprint density at radius 1 is 1.21 bits per heavy atom. The molecule has 1 N–H and O–H groups in total. The van der Waals surface area contributed by atoms with Crippen LogP contribution in [-0.4, -0.2) is 70.1 Å². The summed E-state index contributed by atoms with van der Waals surface area (Å²) >= 11 is 1.62. The van der Waals surface area contributed by atoms with Gasteiger partial charge in [0.05, 0.1) is 25.2 Å². The number of carbonyl (C=O) groups is 1. The first-order valence-electron chi connectivity index (χ1n) is 12.4. The van der Waals surface area contributed by atoms with E-state index in [-0.39, 0.29) is 49.5 Å². The van der Waals surface area contributed by atoms with Crippen LogP contribution in [0.2, 0.25) is 0 Å². The number of esters is 1. The van der Waals surface area contributed by atoms with Crippen molar-refractivity contribution in [3.8, 4) is 5.75 Å². The molecule has 0 fully saturated rings. The number of benzene rings is 2. The van der Waals surface area contributed by atoms with E-state index >= 15 is 0 Å². The summed E-state index contributed by atoms with van der Waals surface area (Å²) in [6.07, 6.45) is 2.82. The summed E-state index contributed by atoms with van der Waals surface area (Å²) in [6.45, 7) is 3.09. The van der Waals surface area contributed by atoms with E-state index in [1.165, 1.54) is 25.3 Å². The molecular weight excluding hydrogens is 542 g/mol. The SMILES string of the molecule is C=CCOC(=O)C1=C[C@H](c2csc3ccccc23)C[C@H](OCCN(CCO)S(=O)(=O)c2ccc(OC)cc2)O1. The lowest BCUT2D eigenvalue weighted by atomic mass is 9.92. The average molecular weight is 574 g/mol. The molecule has 208 valence electrons. The Labute approximate surface area is 231 Å². The maximum Gasteiger partial charge on any atom is 0.373 e. The van der Waals surface area contributed by atoms with Crippen LogP contribution in [0, 0.1) is 0 Å². The highest BCUT2D eigenvalue weighted by Gasteiger charge is 2.31. The van der Waals surface area contributed by atoms with Crippen molar-refractivity contribution in [1.29, 1.82) is 0 Å². The predicted octanol–water partition coefficient (Wildman–Crippen LogP) is 4.05. The number of allylic oxidation sites excluding steroid dienone is 1. The van der Waals surface area contributed by atoms with Gasteiger partial charge in [0.15, 0.2) is 0 Å². The Bertz CT molecular complexity index is 1410. The first kappa shape index (κ1) is 28.8. The Kier molecular flexibility index (Phi) is 9.76. The molecule has 0 saturated heterocycles. The van der Waals surface area contributed by atoms with Crippen molar-refractivity contribution in [3.63, 3.8) is 0 Å². The van der Waals surface area contributed by atoms with Crippen molar-refractivity contribution in [2.24, 2.45) is 0 Å². The molecule has 1 aliphatic heterocycles. The van der Waals surface area contributed by atoms with E-state index in [1.807, 2.05) is 24.3 Å². The van der Waals surface area contributed by atoms with Gasteiger partial charge >= 0.3 is 5.97 Å². The quantitative estimate of drug-likeness (QED) is 0.241. The van der Waals surface area contributed by atoms with E-state index < -0.39 is 22.3 Å². The third-order valence-corrected chi connectivity index (χ3v) is 9.09. The van der Waals surface area contributed by atoms with Crippen LogP contribution >= 0.6 is 11.3 Å². The van der Waals surface area contributed by atoms with Crippen LogP contribution in [0.4, 0.5) is 0 Å². The predicted molar refractivity (Wildman–Crippen MR) is 148 cm³/mol. The number of hydrogen-bond donors (Lipinski definition) is 1. The topological polar surface area (TPSA) is 112 Å². The van der Waals surface area contributed by atoms with Gasteiger partial charge in [-0.05, 0) is 52.7 Å². The number of thiophene rings is 1. The molecule has 2 atom stereocenters. The highest BCUT2D eigenvalue weighted by molar-refractivity contribution is 7.89. The van der Waals surface area contributed by atoms with Crippen molar-refractivity contribution >= 4 is 37.4 Å². The van der Waals surface area contributed by atoms with Crippen LogP contribution < -0.4 is 4.74 Å². The molecule has 0 spiro atoms. The number of rotatable bonds is 13. The molecule has 9 nitrogen and oxygen atoms in total. The number of hydrogen-bond acceptors (Lipinski definition) is 9. The van der Waals surface area contributed by atoms with Gasteiger partial charge in [0.2, 0.25) is 22.1 Å². The molecule has 1 aliphatic rings. The van der Waals surface area contributed by atoms with Gasteiger partial charge in [0.1, 0.15) is 12.4 Å². The Morgan fingerprint density at radius 3 is 2.69 bits per heavy atom. The highest BCUT2D eigenvalue weighted by Crippen LogP contribution is 2.38. The van der Waals surface area contributed by atoms with Crippen LogP contribution in [0.5, 0.6) is 5.75 Å². The van der Waals surface area contributed by atoms with Gasteiger partial charge in [-0.2, -0.15) is 4.31 Å². The smallest absolute Gasteiger partial charge is 0.373 e. The second-order valence-corrected chi connectivity index (χ2v) is 11.5. The molecule has 2 aromatic carbocycles. The summed E-state index contributed by atoms with van der Waals surface area (Å²) < 4.78 is 50.7. The average Bonchev–Trinajstić information content (AvgIpc) is 3.39. The minimum atomic E-state index is -3.89. The number of aliphatic hydroxyl groups excluding tert-OH is 1. The zero-order valence-electron chi connectivity index (χ0n) is 21.5. The maximum atomic E-state index is 13.2. The van der Waals surface area contributed by atoms with Gasteiger partial charge in [-0.3, -0.25) is 0 Å². The number of carbonyl (C=O) groups excluding carboxylic acids is 1. The van der Waals surface area contributed by atoms with Crippen molar-refractivity contribution < 1.29 is 37.3 Å². The second kappa shape index (κ2) is 13.2. The normalized spacial score (nSPS) is 17.5. The highest BCUT2D eigenvalue weighted by atomic mass is 32.2. The van der Waals surface area contributed by atoms with Crippen LogP contribution in [0.25, 0.3) is 10.1 Å². The number of ether oxygens (including phenoxy) is 4. The third kappa shape index (κ3) is 6.87. The largest absolute Gasteiger partial charge is 0.497 e. The maximum absolute atomic E-state index is 13.2. The summed E-state index contributed by atoms with van der Waals surface area (Å²) in [4.78, 5) is 12.7. The van der Waals surface area contributed by atoms with E-state index in [1.54, 1.807) is 29.5 Å². The van der Waals surface area contributed by atoms with Gasteiger partial charge in [-0.1, -0.05) is 30.9 Å². The van der Waals surface area contributed by atoms with Crippen LogP contribution in [0.3, 0.4) is 0 Å². The zero-order chi connectivity index (χ0) is 27.8. The molecule has 1 aromatic heterocycles. The fourth-order valence-corrected chi connectivity index (χ4v) is 6.70. The van der Waals surface area contributed by atoms with Crippen molar-refractivity contribution in [2.45, 2.75) is 23.5 Å². The lowest BCUT2D eigenvalue weighted by Gasteiger charge is -2.29. The Hall–Kier alpha value is -3.22. The van der Waals surface area contributed by atoms with E-state index in [2.05, 4.69) is 12.0 Å². The number of fused-ring (bicyclic) bond motifs is 1. The molecule has 0 bridgehead atoms. The number of sulfonamides is 1. The lowest BCUT2D eigenvalue weighted by Crippen LogP contribution is -2.37. The van der Waals surface area contributed by atoms with Crippen LogP contribution in [0.15, 0.2) is 83.3 Å². The first-order valence-corrected chi connectivity index (χ1v) is 14.7. The molecule has 3 aromatic rings. The molecule has 0 aliphatic carbocycles. The molecular formula is C28H31NO8S2.